The Bertz CT molecular complexity index is 1040. The van der Waals surface area contributed by atoms with Gasteiger partial charge in [-0.2, -0.15) is 0 Å². The number of halogens is 1. The van der Waals surface area contributed by atoms with Gasteiger partial charge in [-0.25, -0.2) is 4.39 Å². The summed E-state index contributed by atoms with van der Waals surface area (Å²) in [6.07, 6.45) is 1.71. The fraction of sp³-hybridized carbons (Fsp3) is 0. The van der Waals surface area contributed by atoms with E-state index in [0.717, 1.165) is 21.8 Å². The summed E-state index contributed by atoms with van der Waals surface area (Å²) < 4.78 is 13.6. The van der Waals surface area contributed by atoms with Crippen molar-refractivity contribution in [3.05, 3.63) is 72.3 Å². The Balaban J connectivity index is 1.76. The summed E-state index contributed by atoms with van der Waals surface area (Å²) in [5.41, 5.74) is 2.11. The highest BCUT2D eigenvalue weighted by molar-refractivity contribution is 6.10. The standard InChI is InChI=1S/C18H12FN3O/c19-13-5-1-2-6-14(13)22-18(23)15-10-12-8-7-11-4-3-9-20-16(11)17(12)21-15/h1-10,21H,(H,22,23). The zero-order valence-electron chi connectivity index (χ0n) is 12.0. The molecule has 0 fully saturated rings. The Morgan fingerprint density at radius 2 is 1.87 bits per heavy atom. The third-order valence-electron chi connectivity index (χ3n) is 3.73. The first-order chi connectivity index (χ1) is 11.2. The molecule has 0 saturated carbocycles. The van der Waals surface area contributed by atoms with Crippen molar-refractivity contribution >= 4 is 33.4 Å². The monoisotopic (exact) mass is 305 g/mol. The fourth-order valence-electron chi connectivity index (χ4n) is 2.61. The summed E-state index contributed by atoms with van der Waals surface area (Å²) in [4.78, 5) is 19.8. The zero-order valence-corrected chi connectivity index (χ0v) is 12.0. The molecule has 0 unspecified atom stereocenters. The molecule has 0 aliphatic rings. The lowest BCUT2D eigenvalue weighted by atomic mass is 10.1. The first-order valence-corrected chi connectivity index (χ1v) is 7.15. The highest BCUT2D eigenvalue weighted by Crippen LogP contribution is 2.24. The van der Waals surface area contributed by atoms with E-state index >= 15 is 0 Å². The zero-order chi connectivity index (χ0) is 15.8. The number of rotatable bonds is 2. The molecule has 0 bridgehead atoms. The molecular formula is C18H12FN3O. The van der Waals surface area contributed by atoms with Crippen LogP contribution >= 0.6 is 0 Å². The van der Waals surface area contributed by atoms with E-state index in [1.165, 1.54) is 12.1 Å². The van der Waals surface area contributed by atoms with E-state index in [1.54, 1.807) is 24.4 Å². The van der Waals surface area contributed by atoms with Crippen LogP contribution in [-0.4, -0.2) is 15.9 Å². The van der Waals surface area contributed by atoms with Gasteiger partial charge >= 0.3 is 0 Å². The van der Waals surface area contributed by atoms with Crippen molar-refractivity contribution in [3.8, 4) is 0 Å². The molecule has 0 spiro atoms. The van der Waals surface area contributed by atoms with Crippen LogP contribution in [0.4, 0.5) is 10.1 Å². The molecule has 2 heterocycles. The number of aromatic amines is 1. The smallest absolute Gasteiger partial charge is 0.272 e. The van der Waals surface area contributed by atoms with Gasteiger partial charge < -0.3 is 10.3 Å². The quantitative estimate of drug-likeness (QED) is 0.585. The van der Waals surface area contributed by atoms with E-state index in [0.29, 0.717) is 5.69 Å². The fourth-order valence-corrected chi connectivity index (χ4v) is 2.61. The summed E-state index contributed by atoms with van der Waals surface area (Å²) in [6, 6.07) is 15.5. The van der Waals surface area contributed by atoms with E-state index in [-0.39, 0.29) is 5.69 Å². The van der Waals surface area contributed by atoms with Gasteiger partial charge in [0.05, 0.1) is 16.7 Å². The van der Waals surface area contributed by atoms with Crippen LogP contribution in [0.5, 0.6) is 0 Å². The van der Waals surface area contributed by atoms with E-state index in [2.05, 4.69) is 15.3 Å². The lowest BCUT2D eigenvalue weighted by Crippen LogP contribution is -2.13. The van der Waals surface area contributed by atoms with Crippen molar-refractivity contribution in [3.63, 3.8) is 0 Å². The van der Waals surface area contributed by atoms with Crippen LogP contribution < -0.4 is 5.32 Å². The topological polar surface area (TPSA) is 57.8 Å². The van der Waals surface area contributed by atoms with Gasteiger partial charge in [-0.1, -0.05) is 30.3 Å². The van der Waals surface area contributed by atoms with E-state index in [1.807, 2.05) is 24.3 Å². The van der Waals surface area contributed by atoms with E-state index < -0.39 is 11.7 Å². The first kappa shape index (κ1) is 13.5. The number of carbonyl (C=O) groups excluding carboxylic acids is 1. The van der Waals surface area contributed by atoms with Crippen LogP contribution in [0.1, 0.15) is 10.5 Å². The summed E-state index contributed by atoms with van der Waals surface area (Å²) in [7, 11) is 0. The maximum absolute atomic E-state index is 13.6. The number of carbonyl (C=O) groups is 1. The van der Waals surface area contributed by atoms with Crippen molar-refractivity contribution in [1.82, 2.24) is 9.97 Å². The summed E-state index contributed by atoms with van der Waals surface area (Å²) in [5.74, 6) is -0.862. The molecule has 0 saturated heterocycles. The van der Waals surface area contributed by atoms with E-state index in [4.69, 9.17) is 0 Å². The minimum atomic E-state index is -0.468. The van der Waals surface area contributed by atoms with Gasteiger partial charge in [0.15, 0.2) is 0 Å². The Morgan fingerprint density at radius 3 is 2.74 bits per heavy atom. The Hall–Kier alpha value is -3.21. The third-order valence-corrected chi connectivity index (χ3v) is 3.73. The van der Waals surface area contributed by atoms with Gasteiger partial charge in [-0.05, 0) is 24.3 Å². The van der Waals surface area contributed by atoms with Crippen LogP contribution in [0.15, 0.2) is 60.8 Å². The maximum atomic E-state index is 13.6. The van der Waals surface area contributed by atoms with Crippen molar-refractivity contribution in [2.45, 2.75) is 0 Å². The molecule has 4 nitrogen and oxygen atoms in total. The number of pyridine rings is 1. The lowest BCUT2D eigenvalue weighted by molar-refractivity contribution is 0.102. The van der Waals surface area contributed by atoms with Crippen molar-refractivity contribution < 1.29 is 9.18 Å². The Kier molecular flexibility index (Phi) is 3.05. The van der Waals surface area contributed by atoms with Crippen molar-refractivity contribution in [1.29, 1.82) is 0 Å². The van der Waals surface area contributed by atoms with Crippen LogP contribution in [0.3, 0.4) is 0 Å². The minimum Gasteiger partial charge on any atom is -0.349 e. The van der Waals surface area contributed by atoms with Crippen LogP contribution in [0.25, 0.3) is 21.8 Å². The number of H-pyrrole nitrogens is 1. The molecule has 5 heteroatoms. The largest absolute Gasteiger partial charge is 0.349 e. The summed E-state index contributed by atoms with van der Waals surface area (Å²) in [6.45, 7) is 0. The van der Waals surface area contributed by atoms with Crippen molar-refractivity contribution in [2.24, 2.45) is 0 Å². The molecule has 1 amide bonds. The number of hydrogen-bond acceptors (Lipinski definition) is 2. The average Bonchev–Trinajstić information content (AvgIpc) is 3.02. The third kappa shape index (κ3) is 2.32. The molecule has 2 N–H and O–H groups in total. The van der Waals surface area contributed by atoms with E-state index in [9.17, 15) is 9.18 Å². The summed E-state index contributed by atoms with van der Waals surface area (Å²) >= 11 is 0. The second-order valence-corrected chi connectivity index (χ2v) is 5.22. The number of hydrogen-bond donors (Lipinski definition) is 2. The molecule has 4 rings (SSSR count). The molecule has 2 aromatic carbocycles. The number of nitrogens with one attached hydrogen (secondary N) is 2. The number of aromatic nitrogens is 2. The van der Waals surface area contributed by atoms with Gasteiger partial charge in [0.1, 0.15) is 11.5 Å². The number of benzene rings is 2. The number of nitrogens with zero attached hydrogens (tertiary/aromatic N) is 1. The highest BCUT2D eigenvalue weighted by Gasteiger charge is 2.13. The number of para-hydroxylation sites is 1. The second-order valence-electron chi connectivity index (χ2n) is 5.22. The molecule has 0 aliphatic heterocycles. The molecule has 112 valence electrons. The first-order valence-electron chi connectivity index (χ1n) is 7.15. The van der Waals surface area contributed by atoms with Gasteiger partial charge in [0.25, 0.3) is 5.91 Å². The maximum Gasteiger partial charge on any atom is 0.272 e. The number of amides is 1. The predicted molar refractivity (Wildman–Crippen MR) is 88.0 cm³/mol. The SMILES string of the molecule is O=C(Nc1ccccc1F)c1cc2ccc3cccnc3c2[nH]1. The van der Waals surface area contributed by atoms with Gasteiger partial charge in [-0.3, -0.25) is 9.78 Å². The second kappa shape index (κ2) is 5.21. The molecule has 0 radical (unpaired) electrons. The molecular weight excluding hydrogens is 293 g/mol. The Morgan fingerprint density at radius 1 is 1.04 bits per heavy atom. The minimum absolute atomic E-state index is 0.152. The molecule has 23 heavy (non-hydrogen) atoms. The van der Waals surface area contributed by atoms with Gasteiger partial charge in [0, 0.05) is 17.0 Å². The number of fused-ring (bicyclic) bond motifs is 3. The molecule has 0 aliphatic carbocycles. The van der Waals surface area contributed by atoms with Gasteiger partial charge in [0.2, 0.25) is 0 Å². The Labute approximate surface area is 131 Å². The average molecular weight is 305 g/mol. The molecule has 2 aromatic heterocycles. The van der Waals surface area contributed by atoms with Crippen LogP contribution in [0.2, 0.25) is 0 Å². The molecule has 4 aromatic rings. The van der Waals surface area contributed by atoms with Crippen LogP contribution in [-0.2, 0) is 0 Å². The lowest BCUT2D eigenvalue weighted by Gasteiger charge is -2.04. The summed E-state index contributed by atoms with van der Waals surface area (Å²) in [5, 5.41) is 4.44. The van der Waals surface area contributed by atoms with Gasteiger partial charge in [-0.15, -0.1) is 0 Å². The molecule has 0 atom stereocenters. The van der Waals surface area contributed by atoms with Crippen molar-refractivity contribution in [2.75, 3.05) is 5.32 Å². The normalized spacial score (nSPS) is 11.0. The highest BCUT2D eigenvalue weighted by atomic mass is 19.1. The number of anilines is 1. The predicted octanol–water partition coefficient (Wildman–Crippen LogP) is 4.11. The van der Waals surface area contributed by atoms with Crippen LogP contribution in [0, 0.1) is 5.82 Å².